The van der Waals surface area contributed by atoms with Gasteiger partial charge in [-0.1, -0.05) is 24.3 Å². The number of β-amino-alcohol motifs (C(OH)–C–C–N with tert-alkyl or cyclic N) is 1. The first-order chi connectivity index (χ1) is 15.7. The molecule has 6 nitrogen and oxygen atoms in total. The molecule has 0 spiro atoms. The molecule has 1 atom stereocenters. The molecule has 0 bridgehead atoms. The quantitative estimate of drug-likeness (QED) is 0.755. The van der Waals surface area contributed by atoms with Gasteiger partial charge in [-0.25, -0.2) is 0 Å². The molecule has 1 N–H and O–H groups in total. The molecule has 2 aromatic carbocycles. The number of ether oxygens (including phenoxy) is 2. The molecule has 0 saturated carbocycles. The Bertz CT molecular complexity index is 957. The number of hydrogen-bond donors (Lipinski definition) is 1. The van der Waals surface area contributed by atoms with Gasteiger partial charge in [0.25, 0.3) is 5.91 Å². The normalized spacial score (nSPS) is 20.5. The molecule has 5 rings (SSSR count). The third-order valence-electron chi connectivity index (χ3n) is 6.83. The van der Waals surface area contributed by atoms with E-state index in [0.29, 0.717) is 19.6 Å². The molecule has 1 unspecified atom stereocenters. The van der Waals surface area contributed by atoms with Crippen molar-refractivity contribution in [1.29, 1.82) is 0 Å². The molecule has 1 amide bonds. The Morgan fingerprint density at radius 2 is 1.78 bits per heavy atom. The number of rotatable bonds is 6. The van der Waals surface area contributed by atoms with Crippen molar-refractivity contribution < 1.29 is 19.4 Å². The summed E-state index contributed by atoms with van der Waals surface area (Å²) in [6.45, 7) is 4.89. The van der Waals surface area contributed by atoms with Crippen LogP contribution in [0.15, 0.2) is 42.5 Å². The zero-order valence-corrected chi connectivity index (χ0v) is 18.5. The van der Waals surface area contributed by atoms with Crippen LogP contribution in [-0.4, -0.2) is 72.4 Å². The van der Waals surface area contributed by atoms with Crippen molar-refractivity contribution in [2.24, 2.45) is 0 Å². The molecule has 3 heterocycles. The highest BCUT2D eigenvalue weighted by Crippen LogP contribution is 2.26. The monoisotopic (exact) mass is 436 g/mol. The van der Waals surface area contributed by atoms with E-state index in [9.17, 15) is 9.90 Å². The minimum atomic E-state index is -0.554. The van der Waals surface area contributed by atoms with Crippen molar-refractivity contribution in [2.45, 2.75) is 44.4 Å². The maximum Gasteiger partial charge on any atom is 0.254 e. The SMILES string of the molecule is O=C1c2ccc(OC3CCOCC3)cc2CCN1CC(O)CN1CCc2ccccc2C1. The van der Waals surface area contributed by atoms with E-state index in [-0.39, 0.29) is 12.0 Å². The number of amides is 1. The molecular formula is C26H32N2O4. The first-order valence-electron chi connectivity index (χ1n) is 11.8. The largest absolute Gasteiger partial charge is 0.490 e. The number of fused-ring (bicyclic) bond motifs is 2. The Morgan fingerprint density at radius 1 is 1.00 bits per heavy atom. The highest BCUT2D eigenvalue weighted by Gasteiger charge is 2.28. The lowest BCUT2D eigenvalue weighted by Crippen LogP contribution is -2.46. The van der Waals surface area contributed by atoms with E-state index < -0.39 is 6.10 Å². The van der Waals surface area contributed by atoms with Crippen LogP contribution < -0.4 is 4.74 Å². The summed E-state index contributed by atoms with van der Waals surface area (Å²) in [6.07, 6.45) is 3.25. The van der Waals surface area contributed by atoms with Crippen molar-refractivity contribution in [3.63, 3.8) is 0 Å². The molecule has 3 aliphatic heterocycles. The second kappa shape index (κ2) is 9.61. The summed E-state index contributed by atoms with van der Waals surface area (Å²) in [5.74, 6) is 0.842. The van der Waals surface area contributed by atoms with Crippen LogP contribution in [-0.2, 0) is 24.1 Å². The standard InChI is InChI=1S/C26H32N2O4/c29-22(17-27-11-7-19-3-1-2-4-21(19)16-27)18-28-12-8-20-15-24(5-6-25(20)26(28)30)32-23-9-13-31-14-10-23/h1-6,15,22-23,29H,7-14,16-18H2. The summed E-state index contributed by atoms with van der Waals surface area (Å²) in [4.78, 5) is 17.1. The van der Waals surface area contributed by atoms with Crippen LogP contribution in [0.3, 0.4) is 0 Å². The first kappa shape index (κ1) is 21.4. The zero-order chi connectivity index (χ0) is 21.9. The van der Waals surface area contributed by atoms with Crippen LogP contribution in [0.1, 0.15) is 39.9 Å². The van der Waals surface area contributed by atoms with Gasteiger partial charge in [0.05, 0.1) is 19.3 Å². The van der Waals surface area contributed by atoms with Crippen LogP contribution in [0.25, 0.3) is 0 Å². The van der Waals surface area contributed by atoms with Gasteiger partial charge in [-0.2, -0.15) is 0 Å². The van der Waals surface area contributed by atoms with Crippen LogP contribution in [0.4, 0.5) is 0 Å². The van der Waals surface area contributed by atoms with Gasteiger partial charge in [-0.05, 0) is 47.7 Å². The Labute approximate surface area is 189 Å². The highest BCUT2D eigenvalue weighted by molar-refractivity contribution is 5.97. The summed E-state index contributed by atoms with van der Waals surface area (Å²) < 4.78 is 11.5. The van der Waals surface area contributed by atoms with Crippen molar-refractivity contribution in [1.82, 2.24) is 9.80 Å². The summed E-state index contributed by atoms with van der Waals surface area (Å²) in [5, 5.41) is 10.7. The fourth-order valence-electron chi connectivity index (χ4n) is 5.07. The van der Waals surface area contributed by atoms with E-state index in [1.54, 1.807) is 4.90 Å². The van der Waals surface area contributed by atoms with Gasteiger partial charge >= 0.3 is 0 Å². The number of carbonyl (C=O) groups is 1. The molecule has 2 aromatic rings. The number of carbonyl (C=O) groups excluding carboxylic acids is 1. The molecule has 0 aliphatic carbocycles. The molecule has 0 aromatic heterocycles. The topological polar surface area (TPSA) is 62.2 Å². The fraction of sp³-hybridized carbons (Fsp3) is 0.500. The average Bonchev–Trinajstić information content (AvgIpc) is 2.81. The van der Waals surface area contributed by atoms with Crippen molar-refractivity contribution in [3.8, 4) is 5.75 Å². The van der Waals surface area contributed by atoms with Crippen LogP contribution >= 0.6 is 0 Å². The Kier molecular flexibility index (Phi) is 6.44. The van der Waals surface area contributed by atoms with E-state index in [2.05, 4.69) is 29.2 Å². The minimum Gasteiger partial charge on any atom is -0.490 e. The van der Waals surface area contributed by atoms with Crippen LogP contribution in [0, 0.1) is 0 Å². The lowest BCUT2D eigenvalue weighted by Gasteiger charge is -2.34. The van der Waals surface area contributed by atoms with Gasteiger partial charge in [0.15, 0.2) is 0 Å². The Morgan fingerprint density at radius 3 is 2.62 bits per heavy atom. The van der Waals surface area contributed by atoms with Gasteiger partial charge in [0, 0.05) is 51.1 Å². The van der Waals surface area contributed by atoms with Crippen LogP contribution in [0.2, 0.25) is 0 Å². The second-order valence-corrected chi connectivity index (χ2v) is 9.16. The first-order valence-corrected chi connectivity index (χ1v) is 11.8. The fourth-order valence-corrected chi connectivity index (χ4v) is 5.07. The third kappa shape index (κ3) is 4.82. The second-order valence-electron chi connectivity index (χ2n) is 9.16. The number of aliphatic hydroxyl groups excluding tert-OH is 1. The third-order valence-corrected chi connectivity index (χ3v) is 6.83. The van der Waals surface area contributed by atoms with Gasteiger partial charge in [-0.3, -0.25) is 9.69 Å². The molecule has 170 valence electrons. The number of hydrogen-bond acceptors (Lipinski definition) is 5. The molecule has 6 heteroatoms. The summed E-state index contributed by atoms with van der Waals surface area (Å²) >= 11 is 0. The minimum absolute atomic E-state index is 0.00639. The smallest absolute Gasteiger partial charge is 0.254 e. The van der Waals surface area contributed by atoms with Crippen molar-refractivity contribution >= 4 is 5.91 Å². The lowest BCUT2D eigenvalue weighted by molar-refractivity contribution is 0.0255. The van der Waals surface area contributed by atoms with E-state index in [0.717, 1.165) is 68.9 Å². The number of aliphatic hydroxyl groups is 1. The predicted molar refractivity (Wildman–Crippen MR) is 122 cm³/mol. The van der Waals surface area contributed by atoms with Gasteiger partial charge in [0.1, 0.15) is 11.9 Å². The summed E-state index contributed by atoms with van der Waals surface area (Å²) in [6, 6.07) is 14.3. The molecule has 3 aliphatic rings. The van der Waals surface area contributed by atoms with E-state index in [1.807, 2.05) is 18.2 Å². The Hall–Kier alpha value is -2.41. The maximum atomic E-state index is 13.1. The van der Waals surface area contributed by atoms with E-state index >= 15 is 0 Å². The van der Waals surface area contributed by atoms with E-state index in [4.69, 9.17) is 9.47 Å². The summed E-state index contributed by atoms with van der Waals surface area (Å²) in [7, 11) is 0. The highest BCUT2D eigenvalue weighted by atomic mass is 16.5. The summed E-state index contributed by atoms with van der Waals surface area (Å²) in [5.41, 5.74) is 4.52. The van der Waals surface area contributed by atoms with Gasteiger partial charge in [0.2, 0.25) is 0 Å². The lowest BCUT2D eigenvalue weighted by atomic mass is 9.98. The molecule has 0 radical (unpaired) electrons. The Balaban J connectivity index is 1.16. The zero-order valence-electron chi connectivity index (χ0n) is 18.5. The molecule has 1 fully saturated rings. The van der Waals surface area contributed by atoms with E-state index in [1.165, 1.54) is 11.1 Å². The number of benzene rings is 2. The predicted octanol–water partition coefficient (Wildman–Crippen LogP) is 2.66. The van der Waals surface area contributed by atoms with Crippen molar-refractivity contribution in [2.75, 3.05) is 39.4 Å². The molecular weight excluding hydrogens is 404 g/mol. The van der Waals surface area contributed by atoms with Crippen molar-refractivity contribution in [3.05, 3.63) is 64.7 Å². The van der Waals surface area contributed by atoms with Gasteiger partial charge in [-0.15, -0.1) is 0 Å². The maximum absolute atomic E-state index is 13.1. The van der Waals surface area contributed by atoms with Crippen LogP contribution in [0.5, 0.6) is 5.75 Å². The van der Waals surface area contributed by atoms with Gasteiger partial charge < -0.3 is 19.5 Å². The molecule has 32 heavy (non-hydrogen) atoms. The molecule has 1 saturated heterocycles. The number of nitrogens with zero attached hydrogens (tertiary/aromatic N) is 2. The average molecular weight is 437 g/mol.